The van der Waals surface area contributed by atoms with Crippen LogP contribution >= 0.6 is 0 Å². The fourth-order valence-electron chi connectivity index (χ4n) is 4.00. The molecule has 2 aromatic carbocycles. The first kappa shape index (κ1) is 24.6. The predicted molar refractivity (Wildman–Crippen MR) is 118 cm³/mol. The molecule has 0 heterocycles. The van der Waals surface area contributed by atoms with Crippen molar-refractivity contribution in [3.8, 4) is 5.75 Å². The third-order valence-electron chi connectivity index (χ3n) is 5.75. The van der Waals surface area contributed by atoms with Gasteiger partial charge in [-0.1, -0.05) is 48.7 Å². The van der Waals surface area contributed by atoms with Gasteiger partial charge >= 0.3 is 12.1 Å². The van der Waals surface area contributed by atoms with Crippen molar-refractivity contribution < 1.29 is 32.6 Å². The van der Waals surface area contributed by atoms with Gasteiger partial charge in [0, 0.05) is 12.3 Å². The monoisotopic (exact) mass is 463 g/mol. The van der Waals surface area contributed by atoms with E-state index in [0.29, 0.717) is 23.7 Å². The summed E-state index contributed by atoms with van der Waals surface area (Å²) in [6.45, 7) is 1.56. The summed E-state index contributed by atoms with van der Waals surface area (Å²) in [5.41, 5.74) is 2.69. The Balaban J connectivity index is 1.69. The molecule has 0 spiro atoms. The number of hydrogen-bond donors (Lipinski definition) is 1. The number of hydrogen-bond acceptors (Lipinski definition) is 4. The molecule has 0 saturated heterocycles. The molecule has 33 heavy (non-hydrogen) atoms. The molecule has 1 aliphatic carbocycles. The van der Waals surface area contributed by atoms with E-state index in [1.165, 1.54) is 18.6 Å². The van der Waals surface area contributed by atoms with Crippen molar-refractivity contribution in [2.45, 2.75) is 58.2 Å². The number of carboxylic acids is 1. The van der Waals surface area contributed by atoms with Crippen molar-refractivity contribution in [3.05, 3.63) is 64.7 Å². The van der Waals surface area contributed by atoms with Crippen molar-refractivity contribution in [1.82, 2.24) is 0 Å². The standard InChI is InChI=1S/C25H28F3NO4/c1-17-13-19(9-12-23(17)32-16-24(30)31)14-22(20-5-3-2-4-6-20)29-33-15-18-7-10-21(11-8-18)25(26,27)28/h7-13,20H,2-6,14-16H2,1H3,(H,30,31). The minimum absolute atomic E-state index is 0.0926. The number of carbonyl (C=O) groups is 1. The number of halogens is 3. The molecule has 2 aromatic rings. The third kappa shape index (κ3) is 7.51. The van der Waals surface area contributed by atoms with Crippen LogP contribution in [0, 0.1) is 12.8 Å². The van der Waals surface area contributed by atoms with Gasteiger partial charge in [-0.05, 0) is 54.7 Å². The summed E-state index contributed by atoms with van der Waals surface area (Å²) in [6, 6.07) is 10.5. The van der Waals surface area contributed by atoms with Gasteiger partial charge in [0.1, 0.15) is 12.4 Å². The molecule has 0 unspecified atom stereocenters. The Morgan fingerprint density at radius 1 is 1.06 bits per heavy atom. The number of aliphatic carboxylic acids is 1. The molecule has 1 fully saturated rings. The van der Waals surface area contributed by atoms with E-state index in [9.17, 15) is 18.0 Å². The van der Waals surface area contributed by atoms with Crippen LogP contribution in [0.1, 0.15) is 54.4 Å². The summed E-state index contributed by atoms with van der Waals surface area (Å²) >= 11 is 0. The zero-order valence-electron chi connectivity index (χ0n) is 18.5. The van der Waals surface area contributed by atoms with E-state index in [1.54, 1.807) is 6.07 Å². The average molecular weight is 463 g/mol. The van der Waals surface area contributed by atoms with Gasteiger partial charge in [0.2, 0.25) is 0 Å². The van der Waals surface area contributed by atoms with Crippen molar-refractivity contribution >= 4 is 11.7 Å². The summed E-state index contributed by atoms with van der Waals surface area (Å²) in [6.07, 6.45) is 1.73. The summed E-state index contributed by atoms with van der Waals surface area (Å²) in [7, 11) is 0. The highest BCUT2D eigenvalue weighted by molar-refractivity contribution is 5.88. The van der Waals surface area contributed by atoms with Gasteiger partial charge < -0.3 is 14.7 Å². The van der Waals surface area contributed by atoms with Crippen molar-refractivity contribution in [2.75, 3.05) is 6.61 Å². The van der Waals surface area contributed by atoms with Crippen LogP contribution in [-0.4, -0.2) is 23.4 Å². The number of aryl methyl sites for hydroxylation is 1. The van der Waals surface area contributed by atoms with Crippen LogP contribution in [0.5, 0.6) is 5.75 Å². The number of nitrogens with zero attached hydrogens (tertiary/aromatic N) is 1. The van der Waals surface area contributed by atoms with E-state index in [-0.39, 0.29) is 6.61 Å². The Bertz CT molecular complexity index is 965. The largest absolute Gasteiger partial charge is 0.482 e. The van der Waals surface area contributed by atoms with Crippen LogP contribution < -0.4 is 4.74 Å². The molecule has 0 bridgehead atoms. The minimum Gasteiger partial charge on any atom is -0.482 e. The number of benzene rings is 2. The van der Waals surface area contributed by atoms with Gasteiger partial charge in [-0.25, -0.2) is 4.79 Å². The molecule has 0 radical (unpaired) electrons. The molecule has 0 aromatic heterocycles. The second kappa shape index (κ2) is 11.2. The van der Waals surface area contributed by atoms with Crippen LogP contribution in [-0.2, 0) is 28.8 Å². The van der Waals surface area contributed by atoms with E-state index in [2.05, 4.69) is 5.16 Å². The Labute approximate surface area is 191 Å². The highest BCUT2D eigenvalue weighted by atomic mass is 19.4. The quantitative estimate of drug-likeness (QED) is 0.357. The SMILES string of the molecule is Cc1cc(CC(=NOCc2ccc(C(F)(F)F)cc2)C2CCCCC2)ccc1OCC(=O)O. The van der Waals surface area contributed by atoms with Crippen LogP contribution in [0.25, 0.3) is 0 Å². The normalized spacial score (nSPS) is 15.3. The van der Waals surface area contributed by atoms with Crippen molar-refractivity contribution in [3.63, 3.8) is 0 Å². The first-order valence-corrected chi connectivity index (χ1v) is 11.0. The number of oxime groups is 1. The summed E-state index contributed by atoms with van der Waals surface area (Å²) in [5, 5.41) is 13.2. The zero-order valence-corrected chi connectivity index (χ0v) is 18.5. The number of carboxylic acid groups (broad SMARTS) is 1. The topological polar surface area (TPSA) is 68.1 Å². The molecule has 0 aliphatic heterocycles. The first-order chi connectivity index (χ1) is 15.7. The summed E-state index contributed by atoms with van der Waals surface area (Å²) < 4.78 is 43.5. The number of rotatable bonds is 9. The molecule has 0 atom stereocenters. The van der Waals surface area contributed by atoms with Gasteiger partial charge in [-0.2, -0.15) is 13.2 Å². The smallest absolute Gasteiger partial charge is 0.416 e. The van der Waals surface area contributed by atoms with Gasteiger partial charge in [0.25, 0.3) is 0 Å². The van der Waals surface area contributed by atoms with E-state index in [0.717, 1.165) is 54.7 Å². The molecule has 8 heteroatoms. The summed E-state index contributed by atoms with van der Waals surface area (Å²) in [4.78, 5) is 16.3. The molecule has 0 amide bonds. The maximum atomic E-state index is 12.7. The fourth-order valence-corrected chi connectivity index (χ4v) is 4.00. The van der Waals surface area contributed by atoms with Crippen LogP contribution in [0.4, 0.5) is 13.2 Å². The van der Waals surface area contributed by atoms with E-state index in [4.69, 9.17) is 14.7 Å². The molecular formula is C25H28F3NO4. The fraction of sp³-hybridized carbons (Fsp3) is 0.440. The van der Waals surface area contributed by atoms with E-state index < -0.39 is 24.3 Å². The maximum absolute atomic E-state index is 12.7. The Morgan fingerprint density at radius 2 is 1.73 bits per heavy atom. The highest BCUT2D eigenvalue weighted by Gasteiger charge is 2.30. The molecule has 5 nitrogen and oxygen atoms in total. The van der Waals surface area contributed by atoms with E-state index >= 15 is 0 Å². The zero-order chi connectivity index (χ0) is 23.8. The van der Waals surface area contributed by atoms with Crippen molar-refractivity contribution in [1.29, 1.82) is 0 Å². The molecule has 1 saturated carbocycles. The van der Waals surface area contributed by atoms with Gasteiger partial charge in [0.05, 0.1) is 11.3 Å². The number of alkyl halides is 3. The Morgan fingerprint density at radius 3 is 2.33 bits per heavy atom. The Hall–Kier alpha value is -3.03. The maximum Gasteiger partial charge on any atom is 0.416 e. The molecule has 1 aliphatic rings. The lowest BCUT2D eigenvalue weighted by Crippen LogP contribution is -2.20. The first-order valence-electron chi connectivity index (χ1n) is 11.0. The van der Waals surface area contributed by atoms with Gasteiger partial charge in [0.15, 0.2) is 6.61 Å². The van der Waals surface area contributed by atoms with Crippen LogP contribution in [0.3, 0.4) is 0 Å². The average Bonchev–Trinajstić information content (AvgIpc) is 2.78. The molecular weight excluding hydrogens is 435 g/mol. The van der Waals surface area contributed by atoms with Crippen LogP contribution in [0.2, 0.25) is 0 Å². The Kier molecular flexibility index (Phi) is 8.36. The lowest BCUT2D eigenvalue weighted by Gasteiger charge is -2.23. The lowest BCUT2D eigenvalue weighted by molar-refractivity contribution is -0.139. The molecule has 3 rings (SSSR count). The second-order valence-electron chi connectivity index (χ2n) is 8.34. The second-order valence-corrected chi connectivity index (χ2v) is 8.34. The molecule has 1 N–H and O–H groups in total. The van der Waals surface area contributed by atoms with Gasteiger partial charge in [-0.3, -0.25) is 0 Å². The van der Waals surface area contributed by atoms with Crippen molar-refractivity contribution in [2.24, 2.45) is 11.1 Å². The summed E-state index contributed by atoms with van der Waals surface area (Å²) in [5.74, 6) is -0.208. The highest BCUT2D eigenvalue weighted by Crippen LogP contribution is 2.30. The minimum atomic E-state index is -4.36. The molecule has 178 valence electrons. The predicted octanol–water partition coefficient (Wildman–Crippen LogP) is 6.17. The van der Waals surface area contributed by atoms with Gasteiger partial charge in [-0.15, -0.1) is 0 Å². The van der Waals surface area contributed by atoms with E-state index in [1.807, 2.05) is 19.1 Å². The lowest BCUT2D eigenvalue weighted by atomic mass is 9.83. The van der Waals surface area contributed by atoms with Crippen LogP contribution in [0.15, 0.2) is 47.6 Å². The third-order valence-corrected chi connectivity index (χ3v) is 5.75. The number of ether oxygens (including phenoxy) is 1.